The van der Waals surface area contributed by atoms with Gasteiger partial charge in [-0.3, -0.25) is 10.2 Å². The van der Waals surface area contributed by atoms with Gasteiger partial charge < -0.3 is 19.8 Å². The molecule has 0 saturated carbocycles. The predicted octanol–water partition coefficient (Wildman–Crippen LogP) is -3.61. The number of H-pyrrole nitrogens is 1. The van der Waals surface area contributed by atoms with E-state index in [0.29, 0.717) is 23.5 Å². The molecule has 3 heterocycles. The summed E-state index contributed by atoms with van der Waals surface area (Å²) in [5.74, 6) is -0.676. The first-order valence-corrected chi connectivity index (χ1v) is 8.37. The molecule has 0 aliphatic carbocycles. The Morgan fingerprint density at radius 2 is 2.16 bits per heavy atom. The summed E-state index contributed by atoms with van der Waals surface area (Å²) in [5, 5.41) is 11.0. The molecule has 130 valence electrons. The van der Waals surface area contributed by atoms with Crippen LogP contribution in [0.2, 0.25) is 0 Å². The number of aromatic nitrogens is 1. The number of rotatable bonds is 4. The van der Waals surface area contributed by atoms with Crippen LogP contribution in [0, 0.1) is 5.41 Å². The maximum absolute atomic E-state index is 12.2. The molecule has 2 aliphatic heterocycles. The Morgan fingerprint density at radius 3 is 2.76 bits per heavy atom. The molecule has 0 unspecified atom stereocenters. The minimum absolute atomic E-state index is 0. The fraction of sp³-hybridized carbons (Fsp3) is 0.417. The van der Waals surface area contributed by atoms with E-state index < -0.39 is 34.4 Å². The van der Waals surface area contributed by atoms with E-state index in [9.17, 15) is 22.6 Å². The Balaban J connectivity index is 0.00000225. The number of amidine groups is 1. The van der Waals surface area contributed by atoms with E-state index in [2.05, 4.69) is 14.6 Å². The van der Waals surface area contributed by atoms with Crippen LogP contribution in [0.1, 0.15) is 23.2 Å². The molecule has 2 aliphatic rings. The maximum atomic E-state index is 12.2. The molecule has 2 bridgehead atoms. The summed E-state index contributed by atoms with van der Waals surface area (Å²) in [7, 11) is -5.06. The van der Waals surface area contributed by atoms with E-state index in [1.165, 1.54) is 17.2 Å². The molecule has 0 aromatic carbocycles. The van der Waals surface area contributed by atoms with Gasteiger partial charge >= 0.3 is 35.6 Å². The number of hydrogen-bond acceptors (Lipinski definition) is 7. The molecule has 2 fully saturated rings. The minimum atomic E-state index is -5.06. The Labute approximate surface area is 165 Å². The fourth-order valence-corrected chi connectivity index (χ4v) is 3.25. The van der Waals surface area contributed by atoms with Crippen molar-refractivity contribution in [1.29, 1.82) is 5.41 Å². The normalized spacial score (nSPS) is 22.5. The number of nitrogens with zero attached hydrogens (tertiary/aromatic N) is 2. The largest absolute Gasteiger partial charge is 1.00 e. The van der Waals surface area contributed by atoms with Gasteiger partial charge in [-0.1, -0.05) is 0 Å². The van der Waals surface area contributed by atoms with E-state index >= 15 is 0 Å². The number of aromatic amines is 1. The van der Waals surface area contributed by atoms with Crippen molar-refractivity contribution in [1.82, 2.24) is 20.3 Å². The van der Waals surface area contributed by atoms with Crippen LogP contribution in [-0.2, 0) is 14.7 Å². The Morgan fingerprint density at radius 1 is 1.44 bits per heavy atom. The Kier molecular flexibility index (Phi) is 5.91. The quantitative estimate of drug-likeness (QED) is 0.161. The number of piperidine rings is 1. The average Bonchev–Trinajstić information content (AvgIpc) is 3.11. The number of carbonyl (C=O) groups is 2. The third kappa shape index (κ3) is 4.22. The SMILES string of the molecule is N=C(NC(=O)c1cc[nH]c1)[C@@H]1CC[C@@H]2CN1C(=O)N2OS(=O)(=O)[O-].[Na+]. The van der Waals surface area contributed by atoms with Gasteiger partial charge in [0.15, 0.2) is 0 Å². The predicted molar refractivity (Wildman–Crippen MR) is 77.5 cm³/mol. The van der Waals surface area contributed by atoms with Crippen LogP contribution in [0.4, 0.5) is 4.79 Å². The molecule has 3 amide bonds. The van der Waals surface area contributed by atoms with Crippen molar-refractivity contribution in [2.75, 3.05) is 6.54 Å². The van der Waals surface area contributed by atoms with Crippen molar-refractivity contribution in [3.05, 3.63) is 24.0 Å². The zero-order valence-electron chi connectivity index (χ0n) is 13.3. The summed E-state index contributed by atoms with van der Waals surface area (Å²) >= 11 is 0. The molecular formula is C12H14N5NaO6S. The molecule has 1 aromatic rings. The van der Waals surface area contributed by atoms with Gasteiger partial charge in [0.05, 0.1) is 17.6 Å². The van der Waals surface area contributed by atoms with Crippen molar-refractivity contribution in [2.24, 2.45) is 0 Å². The summed E-state index contributed by atoms with van der Waals surface area (Å²) in [6.07, 6.45) is 3.70. The van der Waals surface area contributed by atoms with Crippen LogP contribution in [0.25, 0.3) is 0 Å². The van der Waals surface area contributed by atoms with E-state index in [1.807, 2.05) is 0 Å². The standard InChI is InChI=1S/C12H15N5O6S.Na/c13-10(15-11(18)7-3-4-14-5-7)9-2-1-8-6-16(9)12(19)17(8)23-24(20,21)22;/h3-5,8-9,14H,1-2,6H2,(H2,13,15,18)(H,20,21,22);/q;+1/p-1/t8-,9+;/m1./s1. The second kappa shape index (κ2) is 7.43. The number of nitrogens with one attached hydrogen (secondary N) is 3. The molecule has 3 rings (SSSR count). The van der Waals surface area contributed by atoms with Gasteiger partial charge in [-0.15, -0.1) is 0 Å². The van der Waals surface area contributed by atoms with Crippen molar-refractivity contribution in [3.63, 3.8) is 0 Å². The first kappa shape index (κ1) is 19.9. The van der Waals surface area contributed by atoms with Gasteiger partial charge in [0, 0.05) is 18.9 Å². The maximum Gasteiger partial charge on any atom is 1.00 e. The van der Waals surface area contributed by atoms with Crippen LogP contribution < -0.4 is 34.9 Å². The van der Waals surface area contributed by atoms with Crippen LogP contribution in [-0.4, -0.2) is 64.3 Å². The number of hydrogen-bond donors (Lipinski definition) is 3. The summed E-state index contributed by atoms with van der Waals surface area (Å²) < 4.78 is 36.4. The van der Waals surface area contributed by atoms with E-state index in [-0.39, 0.29) is 41.9 Å². The molecule has 0 spiro atoms. The van der Waals surface area contributed by atoms with E-state index in [1.54, 1.807) is 6.20 Å². The third-order valence-electron chi connectivity index (χ3n) is 3.94. The summed E-state index contributed by atoms with van der Waals surface area (Å²) in [6, 6.07) is -0.581. The second-order valence-corrected chi connectivity index (χ2v) is 6.42. The molecule has 25 heavy (non-hydrogen) atoms. The Bertz CT molecular complexity index is 782. The molecule has 1 aromatic heterocycles. The molecule has 3 N–H and O–H groups in total. The van der Waals surface area contributed by atoms with Crippen molar-refractivity contribution < 1.29 is 56.4 Å². The fourth-order valence-electron chi connectivity index (χ4n) is 2.87. The van der Waals surface area contributed by atoms with E-state index in [0.717, 1.165) is 0 Å². The monoisotopic (exact) mass is 379 g/mol. The first-order chi connectivity index (χ1) is 11.3. The van der Waals surface area contributed by atoms with Gasteiger partial charge in [-0.25, -0.2) is 13.2 Å². The number of hydroxylamine groups is 2. The van der Waals surface area contributed by atoms with Crippen molar-refractivity contribution in [3.8, 4) is 0 Å². The summed E-state index contributed by atoms with van der Waals surface area (Å²) in [4.78, 5) is 28.1. The zero-order valence-corrected chi connectivity index (χ0v) is 16.1. The summed E-state index contributed by atoms with van der Waals surface area (Å²) in [5.41, 5.74) is 0.337. The molecule has 0 radical (unpaired) electrons. The van der Waals surface area contributed by atoms with E-state index in [4.69, 9.17) is 5.41 Å². The smallest absolute Gasteiger partial charge is 0.724 e. The number of amides is 3. The second-order valence-electron chi connectivity index (χ2n) is 5.46. The number of urea groups is 1. The number of carbonyl (C=O) groups excluding carboxylic acids is 2. The van der Waals surface area contributed by atoms with Gasteiger partial charge in [0.1, 0.15) is 5.84 Å². The zero-order chi connectivity index (χ0) is 17.5. The molecular weight excluding hydrogens is 365 g/mol. The number of fused-ring (bicyclic) bond motifs is 2. The first-order valence-electron chi connectivity index (χ1n) is 7.04. The van der Waals surface area contributed by atoms with Gasteiger partial charge in [-0.2, -0.15) is 9.35 Å². The minimum Gasteiger partial charge on any atom is -0.724 e. The van der Waals surface area contributed by atoms with Crippen molar-refractivity contribution in [2.45, 2.75) is 24.9 Å². The van der Waals surface area contributed by atoms with Crippen LogP contribution in [0.5, 0.6) is 0 Å². The Hall–Kier alpha value is -1.44. The third-order valence-corrected chi connectivity index (χ3v) is 4.28. The van der Waals surface area contributed by atoms with Crippen LogP contribution >= 0.6 is 0 Å². The van der Waals surface area contributed by atoms with Gasteiger partial charge in [0.25, 0.3) is 5.91 Å². The molecule has 11 nitrogen and oxygen atoms in total. The molecule has 2 saturated heterocycles. The summed E-state index contributed by atoms with van der Waals surface area (Å²) in [6.45, 7) is 0.113. The van der Waals surface area contributed by atoms with Gasteiger partial charge in [-0.05, 0) is 18.9 Å². The molecule has 13 heteroatoms. The van der Waals surface area contributed by atoms with Crippen LogP contribution in [0.15, 0.2) is 18.5 Å². The topological polar surface area (TPSA) is 159 Å². The average molecular weight is 379 g/mol. The molecule has 2 atom stereocenters. The van der Waals surface area contributed by atoms with Crippen LogP contribution in [0.3, 0.4) is 0 Å². The van der Waals surface area contributed by atoms with Gasteiger partial charge in [0.2, 0.25) is 10.4 Å². The van der Waals surface area contributed by atoms with Crippen molar-refractivity contribution >= 4 is 28.2 Å².